The number of rotatable bonds is 5. The zero-order valence-corrected chi connectivity index (χ0v) is 12.6. The standard InChI is InChI=1S/C18H25NO/c1-4-12-20-18-11-6-5-9-16(18)13-19-17-10-7-8-14(2)15(17)3/h1,5-6,9,11,14-15,17,19H,7-8,10,12-13H2,2-3H3. The normalized spacial score (nSPS) is 25.9. The molecule has 0 radical (unpaired) electrons. The van der Waals surface area contributed by atoms with Crippen LogP contribution in [0.15, 0.2) is 24.3 Å². The van der Waals surface area contributed by atoms with Gasteiger partial charge in [0.1, 0.15) is 12.4 Å². The Morgan fingerprint density at radius 1 is 1.30 bits per heavy atom. The monoisotopic (exact) mass is 271 g/mol. The summed E-state index contributed by atoms with van der Waals surface area (Å²) in [6.45, 7) is 5.90. The number of benzene rings is 1. The summed E-state index contributed by atoms with van der Waals surface area (Å²) in [5.41, 5.74) is 1.19. The van der Waals surface area contributed by atoms with Gasteiger partial charge in [0.05, 0.1) is 0 Å². The van der Waals surface area contributed by atoms with E-state index in [-0.39, 0.29) is 0 Å². The fourth-order valence-electron chi connectivity index (χ4n) is 3.02. The third kappa shape index (κ3) is 3.77. The Hall–Kier alpha value is -1.46. The Kier molecular flexibility index (Phi) is 5.49. The van der Waals surface area contributed by atoms with Gasteiger partial charge in [0, 0.05) is 18.2 Å². The van der Waals surface area contributed by atoms with Crippen LogP contribution in [0.4, 0.5) is 0 Å². The summed E-state index contributed by atoms with van der Waals surface area (Å²) < 4.78 is 5.60. The molecule has 0 spiro atoms. The average molecular weight is 271 g/mol. The fourth-order valence-corrected chi connectivity index (χ4v) is 3.02. The molecule has 20 heavy (non-hydrogen) atoms. The number of para-hydroxylation sites is 1. The summed E-state index contributed by atoms with van der Waals surface area (Å²) in [6.07, 6.45) is 9.23. The van der Waals surface area contributed by atoms with E-state index < -0.39 is 0 Å². The van der Waals surface area contributed by atoms with Gasteiger partial charge in [-0.15, -0.1) is 6.42 Å². The highest BCUT2D eigenvalue weighted by Crippen LogP contribution is 2.30. The number of nitrogens with one attached hydrogen (secondary N) is 1. The summed E-state index contributed by atoms with van der Waals surface area (Å²) in [5.74, 6) is 4.97. The fraction of sp³-hybridized carbons (Fsp3) is 0.556. The molecule has 0 bridgehead atoms. The predicted molar refractivity (Wildman–Crippen MR) is 83.6 cm³/mol. The first-order valence-corrected chi connectivity index (χ1v) is 7.60. The van der Waals surface area contributed by atoms with E-state index in [2.05, 4.69) is 31.2 Å². The molecule has 2 rings (SSSR count). The maximum atomic E-state index is 5.60. The number of hydrogen-bond acceptors (Lipinski definition) is 2. The van der Waals surface area contributed by atoms with Crippen LogP contribution in [0.3, 0.4) is 0 Å². The van der Waals surface area contributed by atoms with Crippen molar-refractivity contribution in [1.82, 2.24) is 5.32 Å². The molecule has 1 saturated carbocycles. The van der Waals surface area contributed by atoms with Gasteiger partial charge < -0.3 is 10.1 Å². The summed E-state index contributed by atoms with van der Waals surface area (Å²) in [6, 6.07) is 8.74. The molecule has 0 aromatic heterocycles. The molecule has 1 aromatic rings. The van der Waals surface area contributed by atoms with Gasteiger partial charge >= 0.3 is 0 Å². The highest BCUT2D eigenvalue weighted by molar-refractivity contribution is 5.33. The smallest absolute Gasteiger partial charge is 0.148 e. The lowest BCUT2D eigenvalue weighted by molar-refractivity contribution is 0.205. The van der Waals surface area contributed by atoms with Crippen molar-refractivity contribution in [3.63, 3.8) is 0 Å². The SMILES string of the molecule is C#CCOc1ccccc1CNC1CCCC(C)C1C. The minimum Gasteiger partial charge on any atom is -0.481 e. The second-order valence-electron chi connectivity index (χ2n) is 5.86. The van der Waals surface area contributed by atoms with Gasteiger partial charge in [-0.3, -0.25) is 0 Å². The number of ether oxygens (including phenoxy) is 1. The molecule has 0 saturated heterocycles. The highest BCUT2D eigenvalue weighted by atomic mass is 16.5. The summed E-state index contributed by atoms with van der Waals surface area (Å²) in [5, 5.41) is 3.70. The quantitative estimate of drug-likeness (QED) is 0.826. The van der Waals surface area contributed by atoms with E-state index in [0.29, 0.717) is 12.6 Å². The van der Waals surface area contributed by atoms with Gasteiger partial charge in [-0.25, -0.2) is 0 Å². The first-order chi connectivity index (χ1) is 9.72. The van der Waals surface area contributed by atoms with Crippen LogP contribution in [-0.4, -0.2) is 12.6 Å². The molecule has 3 atom stereocenters. The molecule has 2 heteroatoms. The van der Waals surface area contributed by atoms with Crippen LogP contribution in [0.2, 0.25) is 0 Å². The van der Waals surface area contributed by atoms with Gasteiger partial charge in [-0.1, -0.05) is 50.8 Å². The molecule has 2 nitrogen and oxygen atoms in total. The molecule has 1 aromatic carbocycles. The van der Waals surface area contributed by atoms with Crippen molar-refractivity contribution in [3.05, 3.63) is 29.8 Å². The maximum Gasteiger partial charge on any atom is 0.148 e. The van der Waals surface area contributed by atoms with Crippen molar-refractivity contribution in [1.29, 1.82) is 0 Å². The second-order valence-corrected chi connectivity index (χ2v) is 5.86. The second kappa shape index (κ2) is 7.36. The van der Waals surface area contributed by atoms with E-state index in [1.807, 2.05) is 18.2 Å². The minimum atomic E-state index is 0.327. The van der Waals surface area contributed by atoms with Crippen LogP contribution in [0.5, 0.6) is 5.75 Å². The Bertz CT molecular complexity index is 463. The topological polar surface area (TPSA) is 21.3 Å². The van der Waals surface area contributed by atoms with Gasteiger partial charge in [-0.2, -0.15) is 0 Å². The van der Waals surface area contributed by atoms with Gasteiger partial charge in [0.25, 0.3) is 0 Å². The lowest BCUT2D eigenvalue weighted by atomic mass is 9.78. The molecular formula is C18H25NO. The van der Waals surface area contributed by atoms with Gasteiger partial charge in [0.2, 0.25) is 0 Å². The van der Waals surface area contributed by atoms with E-state index in [1.54, 1.807) is 0 Å². The van der Waals surface area contributed by atoms with Crippen molar-refractivity contribution in [2.45, 2.75) is 45.7 Å². The van der Waals surface area contributed by atoms with E-state index in [1.165, 1.54) is 24.8 Å². The molecule has 0 heterocycles. The highest BCUT2D eigenvalue weighted by Gasteiger charge is 2.26. The molecule has 1 aliphatic rings. The van der Waals surface area contributed by atoms with Crippen LogP contribution in [0.25, 0.3) is 0 Å². The van der Waals surface area contributed by atoms with Crippen molar-refractivity contribution < 1.29 is 4.74 Å². The van der Waals surface area contributed by atoms with E-state index in [0.717, 1.165) is 24.1 Å². The van der Waals surface area contributed by atoms with Crippen molar-refractivity contribution in [2.75, 3.05) is 6.61 Å². The zero-order chi connectivity index (χ0) is 14.4. The molecule has 3 unspecified atom stereocenters. The average Bonchev–Trinajstić information content (AvgIpc) is 2.47. The zero-order valence-electron chi connectivity index (χ0n) is 12.6. The molecule has 108 valence electrons. The van der Waals surface area contributed by atoms with Crippen molar-refractivity contribution in [2.24, 2.45) is 11.8 Å². The molecular weight excluding hydrogens is 246 g/mol. The largest absolute Gasteiger partial charge is 0.481 e. The van der Waals surface area contributed by atoms with E-state index in [4.69, 9.17) is 11.2 Å². The van der Waals surface area contributed by atoms with Crippen LogP contribution < -0.4 is 10.1 Å². The van der Waals surface area contributed by atoms with Crippen LogP contribution in [-0.2, 0) is 6.54 Å². The summed E-state index contributed by atoms with van der Waals surface area (Å²) in [4.78, 5) is 0. The lowest BCUT2D eigenvalue weighted by Crippen LogP contribution is -2.40. The Labute approximate surface area is 122 Å². The molecule has 1 fully saturated rings. The van der Waals surface area contributed by atoms with Crippen molar-refractivity contribution >= 4 is 0 Å². The van der Waals surface area contributed by atoms with E-state index in [9.17, 15) is 0 Å². The Balaban J connectivity index is 1.95. The van der Waals surface area contributed by atoms with E-state index >= 15 is 0 Å². The van der Waals surface area contributed by atoms with Crippen LogP contribution >= 0.6 is 0 Å². The minimum absolute atomic E-state index is 0.327. The lowest BCUT2D eigenvalue weighted by Gasteiger charge is -2.35. The predicted octanol–water partition coefficient (Wildman–Crippen LogP) is 3.61. The number of hydrogen-bond donors (Lipinski definition) is 1. The number of terminal acetylenes is 1. The van der Waals surface area contributed by atoms with Gasteiger partial charge in [0.15, 0.2) is 0 Å². The van der Waals surface area contributed by atoms with Crippen molar-refractivity contribution in [3.8, 4) is 18.1 Å². The summed E-state index contributed by atoms with van der Waals surface area (Å²) in [7, 11) is 0. The van der Waals surface area contributed by atoms with Crippen LogP contribution in [0, 0.1) is 24.2 Å². The first-order valence-electron chi connectivity index (χ1n) is 7.60. The third-order valence-electron chi connectivity index (χ3n) is 4.55. The Morgan fingerprint density at radius 3 is 2.90 bits per heavy atom. The van der Waals surface area contributed by atoms with Crippen LogP contribution in [0.1, 0.15) is 38.7 Å². The maximum absolute atomic E-state index is 5.60. The Morgan fingerprint density at radius 2 is 2.10 bits per heavy atom. The molecule has 1 N–H and O–H groups in total. The third-order valence-corrected chi connectivity index (χ3v) is 4.55. The molecule has 0 amide bonds. The molecule has 1 aliphatic carbocycles. The summed E-state index contributed by atoms with van der Waals surface area (Å²) >= 11 is 0. The van der Waals surface area contributed by atoms with Gasteiger partial charge in [-0.05, 0) is 24.3 Å². The molecule has 0 aliphatic heterocycles. The first kappa shape index (κ1) is 14.9.